The lowest BCUT2D eigenvalue weighted by Crippen LogP contribution is -1.89. The van der Waals surface area contributed by atoms with Crippen molar-refractivity contribution in [2.75, 3.05) is 5.73 Å². The second kappa shape index (κ2) is 3.99. The highest BCUT2D eigenvalue weighted by Gasteiger charge is 2.16. The SMILES string of the molecule is Cc1[nH]ncc1-c1[nH]nc(N)c1-c1ccncc1. The number of nitrogens with zero attached hydrogens (tertiary/aromatic N) is 3. The van der Waals surface area contributed by atoms with E-state index in [1.807, 2.05) is 19.1 Å². The molecule has 4 N–H and O–H groups in total. The summed E-state index contributed by atoms with van der Waals surface area (Å²) in [6.07, 6.45) is 5.22. The average Bonchev–Trinajstić information content (AvgIpc) is 2.96. The van der Waals surface area contributed by atoms with Gasteiger partial charge in [0.05, 0.1) is 17.5 Å². The maximum absolute atomic E-state index is 5.94. The van der Waals surface area contributed by atoms with Gasteiger partial charge < -0.3 is 5.73 Å². The van der Waals surface area contributed by atoms with Crippen molar-refractivity contribution in [1.29, 1.82) is 0 Å². The molecule has 18 heavy (non-hydrogen) atoms. The Bertz CT molecular complexity index is 667. The minimum Gasteiger partial charge on any atom is -0.382 e. The van der Waals surface area contributed by atoms with E-state index in [-0.39, 0.29) is 0 Å². The number of hydrogen-bond acceptors (Lipinski definition) is 4. The van der Waals surface area contributed by atoms with Gasteiger partial charge >= 0.3 is 0 Å². The maximum Gasteiger partial charge on any atom is 0.153 e. The van der Waals surface area contributed by atoms with Crippen molar-refractivity contribution in [3.8, 4) is 22.4 Å². The summed E-state index contributed by atoms with van der Waals surface area (Å²) in [7, 11) is 0. The summed E-state index contributed by atoms with van der Waals surface area (Å²) in [6, 6.07) is 3.81. The van der Waals surface area contributed by atoms with Crippen molar-refractivity contribution in [2.24, 2.45) is 0 Å². The van der Waals surface area contributed by atoms with E-state index in [1.165, 1.54) is 0 Å². The number of anilines is 1. The standard InChI is InChI=1S/C12H12N6/c1-7-9(6-15-16-7)11-10(12(13)18-17-11)8-2-4-14-5-3-8/h2-6H,1H3,(H,15,16)(H3,13,17,18). The van der Waals surface area contributed by atoms with Crippen molar-refractivity contribution in [3.63, 3.8) is 0 Å². The van der Waals surface area contributed by atoms with E-state index >= 15 is 0 Å². The molecule has 0 saturated carbocycles. The fourth-order valence-corrected chi connectivity index (χ4v) is 1.96. The number of pyridine rings is 1. The van der Waals surface area contributed by atoms with Crippen molar-refractivity contribution < 1.29 is 0 Å². The molecule has 3 aromatic heterocycles. The lowest BCUT2D eigenvalue weighted by atomic mass is 10.0. The number of nitrogens with two attached hydrogens (primary N) is 1. The molecule has 0 saturated heterocycles. The van der Waals surface area contributed by atoms with E-state index < -0.39 is 0 Å². The Morgan fingerprint density at radius 2 is 1.94 bits per heavy atom. The minimum atomic E-state index is 0.469. The zero-order valence-electron chi connectivity index (χ0n) is 9.81. The van der Waals surface area contributed by atoms with Gasteiger partial charge in [0.2, 0.25) is 0 Å². The number of aryl methyl sites for hydroxylation is 1. The van der Waals surface area contributed by atoms with Crippen LogP contribution in [0.5, 0.6) is 0 Å². The number of aromatic nitrogens is 5. The molecular formula is C12H12N6. The highest BCUT2D eigenvalue weighted by atomic mass is 15.2. The topological polar surface area (TPSA) is 96.3 Å². The first kappa shape index (κ1) is 10.5. The van der Waals surface area contributed by atoms with E-state index in [0.29, 0.717) is 5.82 Å². The predicted octanol–water partition coefficient (Wildman–Crippen LogP) is 1.75. The molecule has 0 fully saturated rings. The zero-order valence-corrected chi connectivity index (χ0v) is 9.81. The van der Waals surface area contributed by atoms with Crippen LogP contribution >= 0.6 is 0 Å². The second-order valence-corrected chi connectivity index (χ2v) is 4.00. The van der Waals surface area contributed by atoms with Crippen molar-refractivity contribution in [3.05, 3.63) is 36.4 Å². The van der Waals surface area contributed by atoms with Gasteiger partial charge in [-0.25, -0.2) is 0 Å². The van der Waals surface area contributed by atoms with Crippen LogP contribution in [-0.4, -0.2) is 25.4 Å². The van der Waals surface area contributed by atoms with Gasteiger partial charge in [0.25, 0.3) is 0 Å². The number of nitrogens with one attached hydrogen (secondary N) is 2. The molecule has 6 heteroatoms. The van der Waals surface area contributed by atoms with Crippen LogP contribution in [0.4, 0.5) is 5.82 Å². The molecule has 0 aliphatic carbocycles. The van der Waals surface area contributed by atoms with Gasteiger partial charge in [-0.1, -0.05) is 0 Å². The summed E-state index contributed by atoms with van der Waals surface area (Å²) < 4.78 is 0. The smallest absolute Gasteiger partial charge is 0.153 e. The number of rotatable bonds is 2. The van der Waals surface area contributed by atoms with Crippen LogP contribution in [0, 0.1) is 6.92 Å². The number of aromatic amines is 2. The molecule has 6 nitrogen and oxygen atoms in total. The predicted molar refractivity (Wildman–Crippen MR) is 68.5 cm³/mol. The molecule has 0 spiro atoms. The third kappa shape index (κ3) is 1.55. The maximum atomic E-state index is 5.94. The normalized spacial score (nSPS) is 10.7. The molecule has 3 aromatic rings. The summed E-state index contributed by atoms with van der Waals surface area (Å²) in [5.41, 5.74) is 10.6. The van der Waals surface area contributed by atoms with Crippen LogP contribution in [0.25, 0.3) is 22.4 Å². The second-order valence-electron chi connectivity index (χ2n) is 4.00. The summed E-state index contributed by atoms with van der Waals surface area (Å²) in [4.78, 5) is 4.00. The lowest BCUT2D eigenvalue weighted by Gasteiger charge is -2.03. The van der Waals surface area contributed by atoms with Crippen LogP contribution in [0.2, 0.25) is 0 Å². The summed E-state index contributed by atoms with van der Waals surface area (Å²) in [5.74, 6) is 0.469. The Balaban J connectivity index is 2.22. The van der Waals surface area contributed by atoms with E-state index in [9.17, 15) is 0 Å². The number of H-pyrrole nitrogens is 2. The van der Waals surface area contributed by atoms with E-state index in [1.54, 1.807) is 18.6 Å². The molecule has 0 amide bonds. The van der Waals surface area contributed by atoms with E-state index in [4.69, 9.17) is 5.73 Å². The van der Waals surface area contributed by atoms with Gasteiger partial charge in [-0.2, -0.15) is 10.2 Å². The molecule has 0 atom stereocenters. The fraction of sp³-hybridized carbons (Fsp3) is 0.0833. The Morgan fingerprint density at radius 1 is 1.17 bits per heavy atom. The molecule has 0 aliphatic rings. The van der Waals surface area contributed by atoms with Crippen LogP contribution in [0.3, 0.4) is 0 Å². The Morgan fingerprint density at radius 3 is 2.61 bits per heavy atom. The summed E-state index contributed by atoms with van der Waals surface area (Å²) >= 11 is 0. The van der Waals surface area contributed by atoms with Gasteiger partial charge in [-0.05, 0) is 24.6 Å². The average molecular weight is 240 g/mol. The van der Waals surface area contributed by atoms with Gasteiger partial charge in [-0.3, -0.25) is 15.2 Å². The molecular weight excluding hydrogens is 228 g/mol. The highest BCUT2D eigenvalue weighted by Crippen LogP contribution is 2.34. The first-order valence-electron chi connectivity index (χ1n) is 5.52. The van der Waals surface area contributed by atoms with E-state index in [0.717, 1.165) is 28.1 Å². The van der Waals surface area contributed by atoms with Gasteiger partial charge in [-0.15, -0.1) is 0 Å². The highest BCUT2D eigenvalue weighted by molar-refractivity contribution is 5.87. The molecule has 90 valence electrons. The third-order valence-electron chi connectivity index (χ3n) is 2.86. The van der Waals surface area contributed by atoms with Crippen LogP contribution < -0.4 is 5.73 Å². The summed E-state index contributed by atoms with van der Waals surface area (Å²) in [5, 5.41) is 14.0. The lowest BCUT2D eigenvalue weighted by molar-refractivity contribution is 1.05. The van der Waals surface area contributed by atoms with Crippen molar-refractivity contribution >= 4 is 5.82 Å². The Labute approximate surface area is 103 Å². The van der Waals surface area contributed by atoms with Crippen molar-refractivity contribution in [2.45, 2.75) is 6.92 Å². The van der Waals surface area contributed by atoms with Crippen molar-refractivity contribution in [1.82, 2.24) is 25.4 Å². The quantitative estimate of drug-likeness (QED) is 0.635. The monoisotopic (exact) mass is 240 g/mol. The molecule has 0 unspecified atom stereocenters. The first-order chi connectivity index (χ1) is 8.77. The van der Waals surface area contributed by atoms with E-state index in [2.05, 4.69) is 25.4 Å². The van der Waals surface area contributed by atoms with Gasteiger partial charge in [0, 0.05) is 23.7 Å². The molecule has 0 aliphatic heterocycles. The molecule has 0 aromatic carbocycles. The Hall–Kier alpha value is -2.63. The zero-order chi connectivity index (χ0) is 12.5. The van der Waals surface area contributed by atoms with Crippen LogP contribution in [0.15, 0.2) is 30.7 Å². The summed E-state index contributed by atoms with van der Waals surface area (Å²) in [6.45, 7) is 1.95. The number of nitrogen functional groups attached to an aromatic ring is 1. The first-order valence-corrected chi connectivity index (χ1v) is 5.52. The van der Waals surface area contributed by atoms with Gasteiger partial charge in [0.1, 0.15) is 0 Å². The van der Waals surface area contributed by atoms with Crippen LogP contribution in [-0.2, 0) is 0 Å². The minimum absolute atomic E-state index is 0.469. The van der Waals surface area contributed by atoms with Crippen LogP contribution in [0.1, 0.15) is 5.69 Å². The third-order valence-corrected chi connectivity index (χ3v) is 2.86. The Kier molecular flexibility index (Phi) is 2.33. The largest absolute Gasteiger partial charge is 0.382 e. The molecule has 0 bridgehead atoms. The molecule has 3 heterocycles. The molecule has 0 radical (unpaired) electrons. The fourth-order valence-electron chi connectivity index (χ4n) is 1.96. The number of hydrogen-bond donors (Lipinski definition) is 3. The molecule has 3 rings (SSSR count). The van der Waals surface area contributed by atoms with Gasteiger partial charge in [0.15, 0.2) is 5.82 Å².